The first-order valence-electron chi connectivity index (χ1n) is 7.92. The number of aromatic nitrogens is 1. The average molecular weight is 338 g/mol. The van der Waals surface area contributed by atoms with Gasteiger partial charge in [0.25, 0.3) is 0 Å². The van der Waals surface area contributed by atoms with E-state index in [1.54, 1.807) is 53.7 Å². The van der Waals surface area contributed by atoms with Gasteiger partial charge >= 0.3 is 0 Å². The fraction of sp³-hybridized carbons (Fsp3) is 0.222. The maximum absolute atomic E-state index is 12.4. The molecule has 25 heavy (non-hydrogen) atoms. The van der Waals surface area contributed by atoms with Gasteiger partial charge < -0.3 is 15.5 Å². The average Bonchev–Trinajstić information content (AvgIpc) is 2.99. The van der Waals surface area contributed by atoms with Gasteiger partial charge in [-0.05, 0) is 36.4 Å². The summed E-state index contributed by atoms with van der Waals surface area (Å²) in [5, 5.41) is 5.47. The van der Waals surface area contributed by atoms with Gasteiger partial charge in [0.15, 0.2) is 0 Å². The highest BCUT2D eigenvalue weighted by Gasteiger charge is 2.35. The Morgan fingerprint density at radius 3 is 2.40 bits per heavy atom. The summed E-state index contributed by atoms with van der Waals surface area (Å²) < 4.78 is 0. The Balaban J connectivity index is 1.62. The quantitative estimate of drug-likeness (QED) is 0.892. The minimum atomic E-state index is -0.414. The number of carbonyl (C=O) groups excluding carboxylic acids is 3. The Hall–Kier alpha value is -3.22. The van der Waals surface area contributed by atoms with Crippen LogP contribution in [0.1, 0.15) is 13.3 Å². The van der Waals surface area contributed by atoms with E-state index in [0.717, 1.165) is 0 Å². The summed E-state index contributed by atoms with van der Waals surface area (Å²) in [6, 6.07) is 10.4. The van der Waals surface area contributed by atoms with Crippen molar-refractivity contribution in [1.82, 2.24) is 4.98 Å². The van der Waals surface area contributed by atoms with Crippen LogP contribution in [0.25, 0.3) is 0 Å². The molecule has 1 aliphatic heterocycles. The molecule has 7 nitrogen and oxygen atoms in total. The topological polar surface area (TPSA) is 91.4 Å². The number of rotatable bonds is 4. The molecular weight excluding hydrogens is 320 g/mol. The van der Waals surface area contributed by atoms with Crippen molar-refractivity contribution in [2.45, 2.75) is 13.3 Å². The number of hydrogen-bond donors (Lipinski definition) is 2. The van der Waals surface area contributed by atoms with Gasteiger partial charge in [0, 0.05) is 37.5 Å². The second-order valence-electron chi connectivity index (χ2n) is 5.86. The summed E-state index contributed by atoms with van der Waals surface area (Å²) in [6.07, 6.45) is 3.42. The fourth-order valence-electron chi connectivity index (χ4n) is 2.73. The Bertz CT molecular complexity index is 790. The van der Waals surface area contributed by atoms with Gasteiger partial charge in [0.2, 0.25) is 17.7 Å². The minimum absolute atomic E-state index is 0.0887. The van der Waals surface area contributed by atoms with Gasteiger partial charge in [-0.1, -0.05) is 0 Å². The van der Waals surface area contributed by atoms with Gasteiger partial charge in [-0.3, -0.25) is 19.4 Å². The van der Waals surface area contributed by atoms with Crippen LogP contribution in [0.15, 0.2) is 48.8 Å². The van der Waals surface area contributed by atoms with Gasteiger partial charge in [0.05, 0.1) is 17.8 Å². The normalized spacial score (nSPS) is 16.6. The van der Waals surface area contributed by atoms with Crippen LogP contribution in [0, 0.1) is 5.92 Å². The number of benzene rings is 1. The molecule has 1 aliphatic rings. The third kappa shape index (κ3) is 4.00. The highest BCUT2D eigenvalue weighted by atomic mass is 16.2. The zero-order valence-corrected chi connectivity index (χ0v) is 13.7. The van der Waals surface area contributed by atoms with Crippen molar-refractivity contribution in [3.05, 3.63) is 48.8 Å². The van der Waals surface area contributed by atoms with Crippen molar-refractivity contribution in [3.8, 4) is 0 Å². The third-order valence-corrected chi connectivity index (χ3v) is 3.93. The van der Waals surface area contributed by atoms with Crippen molar-refractivity contribution in [2.75, 3.05) is 22.1 Å². The Morgan fingerprint density at radius 1 is 1.12 bits per heavy atom. The molecule has 0 bridgehead atoms. The van der Waals surface area contributed by atoms with Crippen molar-refractivity contribution in [2.24, 2.45) is 5.92 Å². The standard InChI is InChI=1S/C18H18N4O3/c1-12(23)20-14-4-6-15(7-5-14)21-18(25)13-9-17(24)22(11-13)16-3-2-8-19-10-16/h2-8,10,13H,9,11H2,1H3,(H,20,23)(H,21,25). The van der Waals surface area contributed by atoms with E-state index >= 15 is 0 Å². The van der Waals surface area contributed by atoms with Crippen LogP contribution in [0.5, 0.6) is 0 Å². The van der Waals surface area contributed by atoms with Gasteiger partial charge in [-0.15, -0.1) is 0 Å². The lowest BCUT2D eigenvalue weighted by Gasteiger charge is -2.16. The molecule has 128 valence electrons. The number of nitrogens with zero attached hydrogens (tertiary/aromatic N) is 2. The first-order valence-corrected chi connectivity index (χ1v) is 7.92. The summed E-state index contributed by atoms with van der Waals surface area (Å²) in [5.74, 6) is -0.861. The zero-order chi connectivity index (χ0) is 17.8. The molecule has 1 aromatic carbocycles. The van der Waals surface area contributed by atoms with Gasteiger partial charge in [-0.2, -0.15) is 0 Å². The Kier molecular flexibility index (Phi) is 4.74. The molecule has 1 saturated heterocycles. The monoisotopic (exact) mass is 338 g/mol. The van der Waals surface area contributed by atoms with Crippen LogP contribution in [0.2, 0.25) is 0 Å². The highest BCUT2D eigenvalue weighted by Crippen LogP contribution is 2.25. The number of nitrogens with one attached hydrogen (secondary N) is 2. The summed E-state index contributed by atoms with van der Waals surface area (Å²) in [4.78, 5) is 41.2. The molecule has 0 radical (unpaired) electrons. The summed E-state index contributed by atoms with van der Waals surface area (Å²) in [5.41, 5.74) is 1.97. The summed E-state index contributed by atoms with van der Waals surface area (Å²) in [6.45, 7) is 1.77. The number of pyridine rings is 1. The van der Waals surface area contributed by atoms with Crippen LogP contribution < -0.4 is 15.5 Å². The maximum Gasteiger partial charge on any atom is 0.229 e. The third-order valence-electron chi connectivity index (χ3n) is 3.93. The summed E-state index contributed by atoms with van der Waals surface area (Å²) >= 11 is 0. The molecule has 1 unspecified atom stereocenters. The van der Waals surface area contributed by atoms with Gasteiger partial charge in [0.1, 0.15) is 0 Å². The molecule has 1 aromatic heterocycles. The van der Waals surface area contributed by atoms with Crippen LogP contribution in [-0.4, -0.2) is 29.3 Å². The zero-order valence-electron chi connectivity index (χ0n) is 13.7. The molecule has 2 aromatic rings. The molecule has 2 heterocycles. The molecule has 0 spiro atoms. The maximum atomic E-state index is 12.4. The lowest BCUT2D eigenvalue weighted by Crippen LogP contribution is -2.28. The first-order chi connectivity index (χ1) is 12.0. The van der Waals surface area contributed by atoms with Crippen molar-refractivity contribution in [3.63, 3.8) is 0 Å². The summed E-state index contributed by atoms with van der Waals surface area (Å²) in [7, 11) is 0. The molecule has 0 saturated carbocycles. The predicted octanol–water partition coefficient (Wildman–Crippen LogP) is 2.03. The molecule has 3 rings (SSSR count). The highest BCUT2D eigenvalue weighted by molar-refractivity contribution is 6.03. The molecule has 1 fully saturated rings. The first kappa shape index (κ1) is 16.6. The molecule has 7 heteroatoms. The van der Waals surface area contributed by atoms with E-state index in [1.165, 1.54) is 6.92 Å². The number of hydrogen-bond acceptors (Lipinski definition) is 4. The van der Waals surface area contributed by atoms with Crippen LogP contribution >= 0.6 is 0 Å². The molecule has 0 aliphatic carbocycles. The Morgan fingerprint density at radius 2 is 1.80 bits per heavy atom. The van der Waals surface area contributed by atoms with E-state index in [1.807, 2.05) is 0 Å². The lowest BCUT2D eigenvalue weighted by molar-refractivity contribution is -0.122. The van der Waals surface area contributed by atoms with E-state index in [9.17, 15) is 14.4 Å². The molecule has 1 atom stereocenters. The van der Waals surface area contributed by atoms with Crippen LogP contribution in [0.3, 0.4) is 0 Å². The number of anilines is 3. The van der Waals surface area contributed by atoms with Crippen molar-refractivity contribution >= 4 is 34.8 Å². The lowest BCUT2D eigenvalue weighted by atomic mass is 10.1. The SMILES string of the molecule is CC(=O)Nc1ccc(NC(=O)C2CC(=O)N(c3cccnc3)C2)cc1. The minimum Gasteiger partial charge on any atom is -0.326 e. The van der Waals surface area contributed by atoms with E-state index in [2.05, 4.69) is 15.6 Å². The molecule has 3 amide bonds. The van der Waals surface area contributed by atoms with Crippen molar-refractivity contribution < 1.29 is 14.4 Å². The fourth-order valence-corrected chi connectivity index (χ4v) is 2.73. The molecule has 2 N–H and O–H groups in total. The number of carbonyl (C=O) groups is 3. The smallest absolute Gasteiger partial charge is 0.229 e. The van der Waals surface area contributed by atoms with Crippen LogP contribution in [0.4, 0.5) is 17.1 Å². The second-order valence-corrected chi connectivity index (χ2v) is 5.86. The van der Waals surface area contributed by atoms with Gasteiger partial charge in [-0.25, -0.2) is 0 Å². The Labute approximate surface area is 145 Å². The predicted molar refractivity (Wildman–Crippen MR) is 94.1 cm³/mol. The number of amides is 3. The largest absolute Gasteiger partial charge is 0.326 e. The second kappa shape index (κ2) is 7.12. The molecular formula is C18H18N4O3. The van der Waals surface area contributed by atoms with E-state index in [-0.39, 0.29) is 24.1 Å². The van der Waals surface area contributed by atoms with Crippen LogP contribution in [-0.2, 0) is 14.4 Å². The van der Waals surface area contributed by atoms with E-state index in [0.29, 0.717) is 23.6 Å². The van der Waals surface area contributed by atoms with E-state index < -0.39 is 5.92 Å². The van der Waals surface area contributed by atoms with E-state index in [4.69, 9.17) is 0 Å². The van der Waals surface area contributed by atoms with Crippen molar-refractivity contribution in [1.29, 1.82) is 0 Å².